The van der Waals surface area contributed by atoms with Crippen LogP contribution in [0.15, 0.2) is 30.3 Å². The molecule has 1 unspecified atom stereocenters. The quantitative estimate of drug-likeness (QED) is 0.852. The number of carbonyl (C=O) groups excluding carboxylic acids is 1. The molecule has 5 nitrogen and oxygen atoms in total. The Labute approximate surface area is 117 Å². The zero-order valence-corrected chi connectivity index (χ0v) is 11.5. The molecule has 1 aliphatic heterocycles. The molecule has 108 valence electrons. The highest BCUT2D eigenvalue weighted by Gasteiger charge is 2.39. The Morgan fingerprint density at radius 1 is 1.40 bits per heavy atom. The average molecular weight is 277 g/mol. The van der Waals surface area contributed by atoms with Gasteiger partial charge in [-0.15, -0.1) is 0 Å². The Morgan fingerprint density at radius 3 is 2.65 bits per heavy atom. The number of carboxylic acids is 1. The third-order valence-electron chi connectivity index (χ3n) is 3.59. The number of benzene rings is 1. The van der Waals surface area contributed by atoms with E-state index in [9.17, 15) is 14.7 Å². The van der Waals surface area contributed by atoms with E-state index in [1.807, 2.05) is 30.3 Å². The normalized spacial score (nSPS) is 23.2. The number of hydrogen-bond donors (Lipinski definition) is 2. The van der Waals surface area contributed by atoms with Crippen molar-refractivity contribution in [1.82, 2.24) is 5.32 Å². The Bertz CT molecular complexity index is 480. The van der Waals surface area contributed by atoms with Gasteiger partial charge in [0.25, 0.3) is 5.91 Å². The van der Waals surface area contributed by atoms with Gasteiger partial charge in [-0.25, -0.2) is 4.79 Å². The van der Waals surface area contributed by atoms with E-state index in [0.29, 0.717) is 13.0 Å². The highest BCUT2D eigenvalue weighted by molar-refractivity contribution is 5.89. The molecule has 0 radical (unpaired) electrons. The second kappa shape index (κ2) is 6.05. The number of ether oxygens (including phenoxy) is 1. The molecule has 0 aliphatic carbocycles. The first-order chi connectivity index (χ1) is 9.51. The Balaban J connectivity index is 2.02. The van der Waals surface area contributed by atoms with Gasteiger partial charge in [-0.2, -0.15) is 0 Å². The standard InChI is InChI=1S/C15H19NO4/c1-15(8-5-9-20-15)14(19)16-12(13(17)18)10-11-6-3-2-4-7-11/h2-4,6-7,12H,5,8-10H2,1H3,(H,16,19)(H,17,18)/t12-,15?/m0/s1. The van der Waals surface area contributed by atoms with Gasteiger partial charge in [0.2, 0.25) is 0 Å². The van der Waals surface area contributed by atoms with Gasteiger partial charge in [0.05, 0.1) is 0 Å². The van der Waals surface area contributed by atoms with Crippen LogP contribution in [0.2, 0.25) is 0 Å². The molecule has 1 aromatic rings. The fourth-order valence-corrected chi connectivity index (χ4v) is 2.32. The lowest BCUT2D eigenvalue weighted by Gasteiger charge is -2.24. The number of amides is 1. The van der Waals surface area contributed by atoms with Crippen LogP contribution in [0.4, 0.5) is 0 Å². The zero-order valence-electron chi connectivity index (χ0n) is 11.5. The molecule has 1 fully saturated rings. The van der Waals surface area contributed by atoms with Crippen molar-refractivity contribution in [3.63, 3.8) is 0 Å². The van der Waals surface area contributed by atoms with Gasteiger partial charge in [-0.3, -0.25) is 4.79 Å². The molecule has 2 N–H and O–H groups in total. The maximum atomic E-state index is 12.2. The summed E-state index contributed by atoms with van der Waals surface area (Å²) in [4.78, 5) is 23.5. The lowest BCUT2D eigenvalue weighted by molar-refractivity contribution is -0.147. The van der Waals surface area contributed by atoms with Crippen molar-refractivity contribution in [2.75, 3.05) is 6.61 Å². The summed E-state index contributed by atoms with van der Waals surface area (Å²) < 4.78 is 5.43. The van der Waals surface area contributed by atoms with Crippen LogP contribution in [0.5, 0.6) is 0 Å². The predicted molar refractivity (Wildman–Crippen MR) is 73.3 cm³/mol. The lowest BCUT2D eigenvalue weighted by atomic mass is 10.00. The van der Waals surface area contributed by atoms with Crippen molar-refractivity contribution in [2.24, 2.45) is 0 Å². The highest BCUT2D eigenvalue weighted by Crippen LogP contribution is 2.25. The molecule has 0 bridgehead atoms. The van der Waals surface area contributed by atoms with Crippen LogP contribution in [0, 0.1) is 0 Å². The Kier molecular flexibility index (Phi) is 4.39. The average Bonchev–Trinajstić information content (AvgIpc) is 2.87. The maximum Gasteiger partial charge on any atom is 0.326 e. The van der Waals surface area contributed by atoms with Gasteiger partial charge in [-0.05, 0) is 25.3 Å². The number of nitrogens with one attached hydrogen (secondary N) is 1. The van der Waals surface area contributed by atoms with E-state index >= 15 is 0 Å². The van der Waals surface area contributed by atoms with Crippen LogP contribution >= 0.6 is 0 Å². The SMILES string of the molecule is CC1(C(=O)N[C@@H](Cc2ccccc2)C(=O)O)CCCO1. The van der Waals surface area contributed by atoms with Gasteiger partial charge >= 0.3 is 5.97 Å². The molecule has 5 heteroatoms. The van der Waals surface area contributed by atoms with Crippen LogP contribution in [-0.2, 0) is 20.7 Å². The molecule has 1 saturated heterocycles. The van der Waals surface area contributed by atoms with Crippen LogP contribution in [0.3, 0.4) is 0 Å². The van der Waals surface area contributed by atoms with E-state index in [0.717, 1.165) is 12.0 Å². The summed E-state index contributed by atoms with van der Waals surface area (Å²) in [6.45, 7) is 2.25. The number of aliphatic carboxylic acids is 1. The monoisotopic (exact) mass is 277 g/mol. The van der Waals surface area contributed by atoms with Crippen LogP contribution in [0.1, 0.15) is 25.3 Å². The van der Waals surface area contributed by atoms with Crippen molar-refractivity contribution < 1.29 is 19.4 Å². The van der Waals surface area contributed by atoms with E-state index in [1.54, 1.807) is 6.92 Å². The van der Waals surface area contributed by atoms with Gasteiger partial charge < -0.3 is 15.2 Å². The minimum Gasteiger partial charge on any atom is -0.480 e. The fourth-order valence-electron chi connectivity index (χ4n) is 2.32. The minimum absolute atomic E-state index is 0.262. The number of hydrogen-bond acceptors (Lipinski definition) is 3. The molecule has 1 aromatic carbocycles. The molecule has 2 atom stereocenters. The molecule has 1 heterocycles. The van der Waals surface area contributed by atoms with Crippen molar-refractivity contribution >= 4 is 11.9 Å². The van der Waals surface area contributed by atoms with Crippen LogP contribution in [-0.4, -0.2) is 35.2 Å². The molecule has 1 aliphatic rings. The van der Waals surface area contributed by atoms with Gasteiger partial charge in [0, 0.05) is 13.0 Å². The van der Waals surface area contributed by atoms with Crippen LogP contribution in [0.25, 0.3) is 0 Å². The van der Waals surface area contributed by atoms with Crippen LogP contribution < -0.4 is 5.32 Å². The number of carboxylic acid groups (broad SMARTS) is 1. The second-order valence-electron chi connectivity index (χ2n) is 5.24. The zero-order chi connectivity index (χ0) is 14.6. The first-order valence-corrected chi connectivity index (χ1v) is 6.73. The summed E-state index contributed by atoms with van der Waals surface area (Å²) in [6, 6.07) is 8.30. The molecule has 2 rings (SSSR count). The summed E-state index contributed by atoms with van der Waals surface area (Å²) in [7, 11) is 0. The van der Waals surface area contributed by atoms with E-state index in [1.165, 1.54) is 0 Å². The smallest absolute Gasteiger partial charge is 0.326 e. The largest absolute Gasteiger partial charge is 0.480 e. The van der Waals surface area contributed by atoms with Crippen molar-refractivity contribution in [1.29, 1.82) is 0 Å². The Morgan fingerprint density at radius 2 is 2.10 bits per heavy atom. The lowest BCUT2D eigenvalue weighted by Crippen LogP contribution is -2.51. The summed E-state index contributed by atoms with van der Waals surface area (Å²) in [5.74, 6) is -1.39. The van der Waals surface area contributed by atoms with E-state index in [2.05, 4.69) is 5.32 Å². The van der Waals surface area contributed by atoms with E-state index < -0.39 is 17.6 Å². The van der Waals surface area contributed by atoms with Gasteiger partial charge in [-0.1, -0.05) is 30.3 Å². The molecule has 20 heavy (non-hydrogen) atoms. The highest BCUT2D eigenvalue weighted by atomic mass is 16.5. The van der Waals surface area contributed by atoms with E-state index in [4.69, 9.17) is 4.74 Å². The van der Waals surface area contributed by atoms with E-state index in [-0.39, 0.29) is 12.3 Å². The van der Waals surface area contributed by atoms with Crippen molar-refractivity contribution in [3.8, 4) is 0 Å². The van der Waals surface area contributed by atoms with Gasteiger partial charge in [0.15, 0.2) is 0 Å². The molecule has 1 amide bonds. The summed E-state index contributed by atoms with van der Waals surface area (Å²) in [6.07, 6.45) is 1.70. The summed E-state index contributed by atoms with van der Waals surface area (Å²) >= 11 is 0. The molecule has 0 saturated carbocycles. The second-order valence-corrected chi connectivity index (χ2v) is 5.24. The third kappa shape index (κ3) is 3.36. The first-order valence-electron chi connectivity index (χ1n) is 6.73. The van der Waals surface area contributed by atoms with Crippen molar-refractivity contribution in [2.45, 2.75) is 37.8 Å². The topological polar surface area (TPSA) is 75.6 Å². The first kappa shape index (κ1) is 14.5. The third-order valence-corrected chi connectivity index (χ3v) is 3.59. The summed E-state index contributed by atoms with van der Waals surface area (Å²) in [5.41, 5.74) is -0.0256. The molecular formula is C15H19NO4. The molecule has 0 aromatic heterocycles. The maximum absolute atomic E-state index is 12.2. The number of carbonyl (C=O) groups is 2. The molecular weight excluding hydrogens is 258 g/mol. The Hall–Kier alpha value is -1.88. The predicted octanol–water partition coefficient (Wildman–Crippen LogP) is 1.37. The molecule has 0 spiro atoms. The van der Waals surface area contributed by atoms with Crippen molar-refractivity contribution in [3.05, 3.63) is 35.9 Å². The number of rotatable bonds is 5. The summed E-state index contributed by atoms with van der Waals surface area (Å²) in [5, 5.41) is 11.8. The fraction of sp³-hybridized carbons (Fsp3) is 0.467. The van der Waals surface area contributed by atoms with Gasteiger partial charge in [0.1, 0.15) is 11.6 Å². The minimum atomic E-state index is -1.04.